The molecule has 35 heavy (non-hydrogen) atoms. The maximum Gasteiger partial charge on any atom is 0.256 e. The lowest BCUT2D eigenvalue weighted by atomic mass is 9.80. The number of ether oxygens (including phenoxy) is 1. The van der Waals surface area contributed by atoms with E-state index in [-0.39, 0.29) is 22.9 Å². The molecule has 2 atom stereocenters. The second-order valence-electron chi connectivity index (χ2n) is 11.8. The molecule has 0 bridgehead atoms. The predicted octanol–water partition coefficient (Wildman–Crippen LogP) is 6.79. The van der Waals surface area contributed by atoms with Gasteiger partial charge < -0.3 is 15.4 Å². The summed E-state index contributed by atoms with van der Waals surface area (Å²) < 4.78 is 6.12. The Bertz CT molecular complexity index is 885. The highest BCUT2D eigenvalue weighted by atomic mass is 32.2. The molecule has 1 fully saturated rings. The van der Waals surface area contributed by atoms with Gasteiger partial charge in [-0.3, -0.25) is 0 Å². The van der Waals surface area contributed by atoms with Crippen LogP contribution in [0.4, 0.5) is 0 Å². The molecule has 2 aromatic rings. The molecule has 0 radical (unpaired) electrons. The van der Waals surface area contributed by atoms with Crippen molar-refractivity contribution in [2.24, 2.45) is 0 Å². The van der Waals surface area contributed by atoms with E-state index in [4.69, 9.17) is 17.0 Å². The van der Waals surface area contributed by atoms with Crippen molar-refractivity contribution < 1.29 is 4.74 Å². The van der Waals surface area contributed by atoms with Crippen molar-refractivity contribution in [3.8, 4) is 0 Å². The highest BCUT2D eigenvalue weighted by molar-refractivity contribution is 7.98. The number of hydrogen-bond acceptors (Lipinski definition) is 4. The molecule has 0 aliphatic carbocycles. The van der Waals surface area contributed by atoms with Crippen molar-refractivity contribution in [1.29, 1.82) is 0 Å². The predicted molar refractivity (Wildman–Crippen MR) is 157 cm³/mol. The van der Waals surface area contributed by atoms with E-state index in [9.17, 15) is 0 Å². The van der Waals surface area contributed by atoms with Crippen LogP contribution < -0.4 is 10.6 Å². The molecule has 0 spiro atoms. The van der Waals surface area contributed by atoms with Gasteiger partial charge in [0.1, 0.15) is 6.10 Å². The Balaban J connectivity index is 1.78. The third kappa shape index (κ3) is 7.96. The van der Waals surface area contributed by atoms with Crippen molar-refractivity contribution >= 4 is 29.2 Å². The van der Waals surface area contributed by atoms with E-state index >= 15 is 0 Å². The summed E-state index contributed by atoms with van der Waals surface area (Å²) in [4.78, 5) is 0. The quantitative estimate of drug-likeness (QED) is 0.301. The van der Waals surface area contributed by atoms with Crippen LogP contribution in [-0.4, -0.2) is 42.4 Å². The Morgan fingerprint density at radius 3 is 1.94 bits per heavy atom. The van der Waals surface area contributed by atoms with Crippen molar-refractivity contribution in [3.05, 3.63) is 70.8 Å². The molecule has 1 heterocycles. The largest absolute Gasteiger partial charge is 0.466 e. The summed E-state index contributed by atoms with van der Waals surface area (Å²) in [6, 6.07) is 18.7. The Morgan fingerprint density at radius 2 is 1.49 bits per heavy atom. The lowest BCUT2D eigenvalue weighted by Crippen LogP contribution is -2.30. The minimum absolute atomic E-state index is 0.0887. The summed E-state index contributed by atoms with van der Waals surface area (Å²) >= 11 is 7.32. The first kappa shape index (κ1) is 28.0. The molecule has 0 amide bonds. The van der Waals surface area contributed by atoms with Crippen molar-refractivity contribution in [3.63, 3.8) is 0 Å². The van der Waals surface area contributed by atoms with E-state index in [2.05, 4.69) is 107 Å². The van der Waals surface area contributed by atoms with Gasteiger partial charge in [-0.2, -0.15) is 11.8 Å². The number of rotatable bonds is 8. The molecule has 2 aromatic carbocycles. The second-order valence-corrected chi connectivity index (χ2v) is 13.1. The number of nitrogens with one attached hydrogen (secondary N) is 2. The Kier molecular flexibility index (Phi) is 9.70. The van der Waals surface area contributed by atoms with E-state index in [1.807, 2.05) is 11.8 Å². The summed E-state index contributed by atoms with van der Waals surface area (Å²) in [7, 11) is 0. The molecule has 1 aliphatic rings. The Labute approximate surface area is 223 Å². The second kappa shape index (κ2) is 12.1. The first-order chi connectivity index (χ1) is 16.5. The van der Waals surface area contributed by atoms with Gasteiger partial charge in [0.25, 0.3) is 5.17 Å². The molecule has 3 rings (SSSR count). The highest BCUT2D eigenvalue weighted by Crippen LogP contribution is 2.35. The van der Waals surface area contributed by atoms with Crippen LogP contribution in [0, 0.1) is 0 Å². The smallest absolute Gasteiger partial charge is 0.256 e. The average Bonchev–Trinajstić information content (AvgIpc) is 3.24. The fourth-order valence-corrected chi connectivity index (χ4v) is 5.39. The molecule has 192 valence electrons. The zero-order chi connectivity index (χ0) is 25.6. The summed E-state index contributed by atoms with van der Waals surface area (Å²) in [5.74, 6) is 1.39. The zero-order valence-electron chi connectivity index (χ0n) is 22.6. The maximum atomic E-state index is 6.12. The highest BCUT2D eigenvalue weighted by Gasteiger charge is 2.34. The summed E-state index contributed by atoms with van der Waals surface area (Å²) in [6.07, 6.45) is 4.24. The fourth-order valence-electron chi connectivity index (χ4n) is 4.71. The van der Waals surface area contributed by atoms with Gasteiger partial charge in [0.05, 0.1) is 0 Å². The van der Waals surface area contributed by atoms with Crippen molar-refractivity contribution in [2.45, 2.75) is 83.3 Å². The van der Waals surface area contributed by atoms with Crippen LogP contribution >= 0.6 is 24.0 Å². The number of benzene rings is 2. The van der Waals surface area contributed by atoms with Gasteiger partial charge in [0.15, 0.2) is 0 Å². The van der Waals surface area contributed by atoms with Gasteiger partial charge in [-0.1, -0.05) is 90.1 Å². The van der Waals surface area contributed by atoms with Crippen molar-refractivity contribution in [1.82, 2.24) is 10.6 Å². The summed E-state index contributed by atoms with van der Waals surface area (Å²) in [5, 5.41) is 7.55. The summed E-state index contributed by atoms with van der Waals surface area (Å²) in [6.45, 7) is 15.3. The SMILES string of the molecule is CSCCCNC(=S)O[C@H]1CNC(C(c2ccc(C(C)(C)C)cc2)c2ccc(C(C)(C)C)cc2)C1. The van der Waals surface area contributed by atoms with Gasteiger partial charge in [-0.25, -0.2) is 0 Å². The zero-order valence-corrected chi connectivity index (χ0v) is 24.2. The minimum Gasteiger partial charge on any atom is -0.466 e. The monoisotopic (exact) mass is 512 g/mol. The fraction of sp³-hybridized carbons (Fsp3) is 0.567. The Morgan fingerprint density at radius 1 is 0.971 bits per heavy atom. The maximum absolute atomic E-state index is 6.12. The van der Waals surface area contributed by atoms with Crippen LogP contribution in [0.25, 0.3) is 0 Å². The summed E-state index contributed by atoms with van der Waals surface area (Å²) in [5.41, 5.74) is 5.70. The van der Waals surface area contributed by atoms with Gasteiger partial charge in [0.2, 0.25) is 0 Å². The van der Waals surface area contributed by atoms with Gasteiger partial charge in [-0.15, -0.1) is 0 Å². The van der Waals surface area contributed by atoms with Gasteiger partial charge >= 0.3 is 0 Å². The lowest BCUT2D eigenvalue weighted by molar-refractivity contribution is 0.202. The van der Waals surface area contributed by atoms with Crippen LogP contribution in [0.2, 0.25) is 0 Å². The van der Waals surface area contributed by atoms with Crippen LogP contribution in [0.3, 0.4) is 0 Å². The third-order valence-electron chi connectivity index (χ3n) is 6.87. The normalized spacial score (nSPS) is 18.6. The number of thiocarbonyl (C=S) groups is 1. The van der Waals surface area contributed by atoms with E-state index in [0.717, 1.165) is 31.7 Å². The van der Waals surface area contributed by atoms with E-state index in [0.29, 0.717) is 11.2 Å². The molecular weight excluding hydrogens is 468 g/mol. The number of thioether (sulfide) groups is 1. The van der Waals surface area contributed by atoms with Crippen LogP contribution in [0.5, 0.6) is 0 Å². The first-order valence-electron chi connectivity index (χ1n) is 12.9. The van der Waals surface area contributed by atoms with Gasteiger partial charge in [-0.05, 0) is 63.7 Å². The van der Waals surface area contributed by atoms with Gasteiger partial charge in [0, 0.05) is 31.5 Å². The molecule has 3 nitrogen and oxygen atoms in total. The third-order valence-corrected chi connectivity index (χ3v) is 7.80. The van der Waals surface area contributed by atoms with E-state index in [1.54, 1.807) is 0 Å². The minimum atomic E-state index is 0.0887. The van der Waals surface area contributed by atoms with Crippen LogP contribution in [0.15, 0.2) is 48.5 Å². The van der Waals surface area contributed by atoms with Crippen LogP contribution in [-0.2, 0) is 15.6 Å². The molecule has 2 N–H and O–H groups in total. The molecule has 0 aromatic heterocycles. The lowest BCUT2D eigenvalue weighted by Gasteiger charge is -2.27. The van der Waals surface area contributed by atoms with Crippen molar-refractivity contribution in [2.75, 3.05) is 25.1 Å². The Hall–Kier alpha value is -1.56. The van der Waals surface area contributed by atoms with Crippen LogP contribution in [0.1, 0.15) is 82.6 Å². The molecular formula is C30H44N2OS2. The van der Waals surface area contributed by atoms with E-state index < -0.39 is 0 Å². The van der Waals surface area contributed by atoms with E-state index in [1.165, 1.54) is 22.3 Å². The molecule has 1 saturated heterocycles. The number of hydrogen-bond donors (Lipinski definition) is 2. The molecule has 1 aliphatic heterocycles. The molecule has 1 unspecified atom stereocenters. The average molecular weight is 513 g/mol. The molecule has 5 heteroatoms. The standard InChI is InChI=1S/C30H44N2OS2/c1-29(2,3)23-13-9-21(10-14-23)27(22-11-15-24(16-12-22)30(4,5)6)26-19-25(20-32-26)33-28(34)31-17-8-18-35-7/h9-16,25-27,32H,8,17-20H2,1-7H3,(H,31,34)/t25-,26?/m1/s1. The first-order valence-corrected chi connectivity index (χ1v) is 14.7. The topological polar surface area (TPSA) is 33.3 Å². The molecule has 0 saturated carbocycles.